The summed E-state index contributed by atoms with van der Waals surface area (Å²) in [5, 5.41) is 22.9. The molecule has 0 amide bonds. The van der Waals surface area contributed by atoms with Crippen molar-refractivity contribution in [3.05, 3.63) is 51.5 Å². The van der Waals surface area contributed by atoms with Crippen LogP contribution >= 0.6 is 11.3 Å². The fourth-order valence-electron chi connectivity index (χ4n) is 7.05. The van der Waals surface area contributed by atoms with Crippen molar-refractivity contribution in [2.45, 2.75) is 97.2 Å². The molecule has 1 aromatic rings. The van der Waals surface area contributed by atoms with Crippen molar-refractivity contribution in [2.24, 2.45) is 23.2 Å². The Labute approximate surface area is 208 Å². The lowest BCUT2D eigenvalue weighted by Crippen LogP contribution is -2.36. The molecular weight excluding hydrogens is 442 g/mol. The molecule has 1 heterocycles. The third kappa shape index (κ3) is 5.32. The van der Waals surface area contributed by atoms with Crippen LogP contribution < -0.4 is 0 Å². The third-order valence-electron chi connectivity index (χ3n) is 8.91. The summed E-state index contributed by atoms with van der Waals surface area (Å²) >= 11 is 1.47. The minimum absolute atomic E-state index is 0.191. The number of thiazole rings is 1. The summed E-state index contributed by atoms with van der Waals surface area (Å²) in [4.78, 5) is 16.8. The highest BCUT2D eigenvalue weighted by atomic mass is 32.1. The number of aliphatic hydroxyl groups excluding tert-OH is 2. The highest BCUT2D eigenvalue weighted by Crippen LogP contribution is 2.60. The molecule has 0 saturated heterocycles. The maximum Gasteiger partial charge on any atom is 0.191 e. The Hall–Kier alpha value is -1.56. The summed E-state index contributed by atoms with van der Waals surface area (Å²) in [5.74, 6) is 2.11. The van der Waals surface area contributed by atoms with E-state index in [1.54, 1.807) is 0 Å². The molecule has 1 aromatic heterocycles. The molecule has 6 atom stereocenters. The van der Waals surface area contributed by atoms with Crippen molar-refractivity contribution in [3.63, 3.8) is 0 Å². The predicted molar refractivity (Wildman–Crippen MR) is 139 cm³/mol. The second-order valence-corrected chi connectivity index (χ2v) is 12.1. The maximum atomic E-state index is 12.5. The van der Waals surface area contributed by atoms with Gasteiger partial charge in [-0.05, 0) is 92.6 Å². The quantitative estimate of drug-likeness (QED) is 0.430. The first-order valence-corrected chi connectivity index (χ1v) is 14.0. The number of aromatic nitrogens is 1. The molecule has 186 valence electrons. The Morgan fingerprint density at radius 2 is 2.15 bits per heavy atom. The van der Waals surface area contributed by atoms with Crippen molar-refractivity contribution in [3.8, 4) is 0 Å². The number of rotatable bonds is 7. The molecule has 34 heavy (non-hydrogen) atoms. The van der Waals surface area contributed by atoms with Gasteiger partial charge in [0.05, 0.1) is 12.2 Å². The lowest BCUT2D eigenvalue weighted by molar-refractivity contribution is 0.0859. The van der Waals surface area contributed by atoms with Crippen LogP contribution in [0, 0.1) is 30.1 Å². The molecule has 3 fully saturated rings. The lowest BCUT2D eigenvalue weighted by Gasteiger charge is -2.44. The highest BCUT2D eigenvalue weighted by molar-refractivity contribution is 7.11. The Kier molecular flexibility index (Phi) is 7.95. The van der Waals surface area contributed by atoms with Gasteiger partial charge >= 0.3 is 0 Å². The van der Waals surface area contributed by atoms with Gasteiger partial charge in [-0.2, -0.15) is 0 Å². The second kappa shape index (κ2) is 10.6. The van der Waals surface area contributed by atoms with Crippen molar-refractivity contribution in [1.29, 1.82) is 0 Å². The minimum atomic E-state index is -0.631. The van der Waals surface area contributed by atoms with Gasteiger partial charge in [0.25, 0.3) is 0 Å². The monoisotopic (exact) mass is 483 g/mol. The van der Waals surface area contributed by atoms with Gasteiger partial charge in [-0.3, -0.25) is 4.79 Å². The van der Waals surface area contributed by atoms with E-state index in [4.69, 9.17) is 0 Å². The van der Waals surface area contributed by atoms with Crippen LogP contribution in [0.4, 0.5) is 0 Å². The highest BCUT2D eigenvalue weighted by Gasteiger charge is 2.50. The van der Waals surface area contributed by atoms with E-state index in [1.807, 2.05) is 12.3 Å². The largest absolute Gasteiger partial charge is 0.393 e. The van der Waals surface area contributed by atoms with Gasteiger partial charge in [-0.1, -0.05) is 38.2 Å². The molecule has 4 rings (SSSR count). The number of ketones is 1. The van der Waals surface area contributed by atoms with Crippen LogP contribution in [0.5, 0.6) is 0 Å². The molecule has 3 saturated carbocycles. The summed E-state index contributed by atoms with van der Waals surface area (Å²) in [6, 6.07) is 0. The second-order valence-electron chi connectivity index (χ2n) is 11.3. The van der Waals surface area contributed by atoms with Gasteiger partial charge < -0.3 is 10.2 Å². The molecule has 0 spiro atoms. The molecule has 2 N–H and O–H groups in total. The topological polar surface area (TPSA) is 70.4 Å². The maximum absolute atomic E-state index is 12.5. The van der Waals surface area contributed by atoms with Crippen LogP contribution in [-0.2, 0) is 0 Å². The number of carbonyl (C=O) groups is 1. The standard InChI is InChI=1S/C29H41NO3S/c1-18(7-5-9-26(32)28-30-19(2)17-34-28)24-12-13-25-21(8-6-14-29(24,25)4)10-11-22-15-23(31)16-27(33)20(22)3/h10-11,17-18,23-25,27,31,33H,3,5-9,12-16H2,1-2,4H3/b21-10+,22-11-/t18-,23+,24+,25-,27-,29+/m0/s1. The molecule has 0 aliphatic heterocycles. The fourth-order valence-corrected chi connectivity index (χ4v) is 7.82. The lowest BCUT2D eigenvalue weighted by atomic mass is 9.60. The number of fused-ring (bicyclic) bond motifs is 1. The van der Waals surface area contributed by atoms with Crippen LogP contribution in [0.15, 0.2) is 40.8 Å². The smallest absolute Gasteiger partial charge is 0.191 e. The van der Waals surface area contributed by atoms with E-state index in [1.165, 1.54) is 42.6 Å². The van der Waals surface area contributed by atoms with Gasteiger partial charge in [0, 0.05) is 23.9 Å². The average Bonchev–Trinajstić information content (AvgIpc) is 3.38. The first kappa shape index (κ1) is 25.5. The van der Waals surface area contributed by atoms with Gasteiger partial charge in [0.15, 0.2) is 10.8 Å². The van der Waals surface area contributed by atoms with Crippen LogP contribution in [0.2, 0.25) is 0 Å². The van der Waals surface area contributed by atoms with Crippen LogP contribution in [0.3, 0.4) is 0 Å². The molecule has 4 nitrogen and oxygen atoms in total. The van der Waals surface area contributed by atoms with Gasteiger partial charge in [-0.15, -0.1) is 11.3 Å². The Bertz CT molecular complexity index is 976. The van der Waals surface area contributed by atoms with Crippen LogP contribution in [0.1, 0.15) is 93.6 Å². The molecule has 3 aliphatic rings. The fraction of sp³-hybridized carbons (Fsp3) is 0.655. The van der Waals surface area contributed by atoms with Gasteiger partial charge in [0.2, 0.25) is 0 Å². The van der Waals surface area contributed by atoms with Crippen LogP contribution in [-0.4, -0.2) is 33.2 Å². The number of nitrogens with zero attached hydrogens (tertiary/aromatic N) is 1. The summed E-state index contributed by atoms with van der Waals surface area (Å²) in [6.45, 7) is 10.9. The molecule has 0 bridgehead atoms. The van der Waals surface area contributed by atoms with Crippen LogP contribution in [0.25, 0.3) is 0 Å². The Morgan fingerprint density at radius 3 is 2.88 bits per heavy atom. The number of hydrogen-bond donors (Lipinski definition) is 2. The van der Waals surface area contributed by atoms with E-state index in [0.717, 1.165) is 36.1 Å². The molecular formula is C29H41NO3S. The minimum Gasteiger partial charge on any atom is -0.393 e. The summed E-state index contributed by atoms with van der Waals surface area (Å²) < 4.78 is 0. The Balaban J connectivity index is 1.38. The number of aliphatic hydroxyl groups is 2. The molecule has 3 aliphatic carbocycles. The molecule has 0 aromatic carbocycles. The van der Waals surface area contributed by atoms with Crippen molar-refractivity contribution < 1.29 is 15.0 Å². The van der Waals surface area contributed by atoms with E-state index in [2.05, 4.69) is 37.6 Å². The zero-order valence-electron chi connectivity index (χ0n) is 21.1. The number of Topliss-reactive ketones (excluding diaryl/α,β-unsaturated/α-hetero) is 1. The number of carbonyl (C=O) groups excluding carboxylic acids is 1. The molecule has 0 radical (unpaired) electrons. The third-order valence-corrected chi connectivity index (χ3v) is 9.91. The molecule has 0 unspecified atom stereocenters. The van der Waals surface area contributed by atoms with E-state index in [9.17, 15) is 15.0 Å². The first-order valence-electron chi connectivity index (χ1n) is 13.1. The predicted octanol–water partition coefficient (Wildman–Crippen LogP) is 6.58. The summed E-state index contributed by atoms with van der Waals surface area (Å²) in [7, 11) is 0. The summed E-state index contributed by atoms with van der Waals surface area (Å²) in [6.07, 6.45) is 13.1. The number of aryl methyl sites for hydroxylation is 1. The van der Waals surface area contributed by atoms with Gasteiger partial charge in [-0.25, -0.2) is 4.98 Å². The van der Waals surface area contributed by atoms with E-state index >= 15 is 0 Å². The summed E-state index contributed by atoms with van der Waals surface area (Å²) in [5.41, 5.74) is 4.55. The first-order chi connectivity index (χ1) is 16.2. The SMILES string of the molecule is C=C1/C(=C\C=C2/CCC[C@]3(C)[C@@H]([C@@H](C)CCCC(=O)c4nc(C)cs4)CC[C@@H]23)C[C@@H](O)C[C@@H]1O. The van der Waals surface area contributed by atoms with E-state index in [0.29, 0.717) is 47.4 Å². The zero-order valence-corrected chi connectivity index (χ0v) is 21.9. The normalized spacial score (nSPS) is 35.0. The van der Waals surface area contributed by atoms with Gasteiger partial charge in [0.1, 0.15) is 0 Å². The Morgan fingerprint density at radius 1 is 1.35 bits per heavy atom. The van der Waals surface area contributed by atoms with Crippen molar-refractivity contribution in [2.75, 3.05) is 0 Å². The van der Waals surface area contributed by atoms with Crippen molar-refractivity contribution in [1.82, 2.24) is 4.98 Å². The average molecular weight is 484 g/mol. The number of hydrogen-bond acceptors (Lipinski definition) is 5. The molecule has 5 heteroatoms. The van der Waals surface area contributed by atoms with E-state index in [-0.39, 0.29) is 5.78 Å². The number of allylic oxidation sites excluding steroid dienone is 3. The van der Waals surface area contributed by atoms with Crippen molar-refractivity contribution >= 4 is 17.1 Å². The zero-order chi connectivity index (χ0) is 24.5. The van der Waals surface area contributed by atoms with E-state index < -0.39 is 12.2 Å².